The first-order valence-electron chi connectivity index (χ1n) is 4.54. The van der Waals surface area contributed by atoms with E-state index in [-0.39, 0.29) is 17.3 Å². The summed E-state index contributed by atoms with van der Waals surface area (Å²) in [6.07, 6.45) is 0. The van der Waals surface area contributed by atoms with E-state index in [9.17, 15) is 14.4 Å². The van der Waals surface area contributed by atoms with Gasteiger partial charge in [-0.1, -0.05) is 11.6 Å². The molecule has 1 aromatic heterocycles. The molecule has 0 saturated heterocycles. The molecule has 0 atom stereocenters. The van der Waals surface area contributed by atoms with Crippen molar-refractivity contribution in [1.29, 1.82) is 0 Å². The molecule has 0 spiro atoms. The third kappa shape index (κ3) is 1.88. The predicted octanol–water partition coefficient (Wildman–Crippen LogP) is -0.0859. The number of carbonyl (C=O) groups is 1. The summed E-state index contributed by atoms with van der Waals surface area (Å²) in [6.45, 7) is 1.74. The summed E-state index contributed by atoms with van der Waals surface area (Å²) in [6, 6.07) is 0. The lowest BCUT2D eigenvalue weighted by Crippen LogP contribution is -2.40. The van der Waals surface area contributed by atoms with Crippen molar-refractivity contribution in [3.05, 3.63) is 31.6 Å². The Morgan fingerprint density at radius 3 is 2.38 bits per heavy atom. The molecule has 0 N–H and O–H groups in total. The minimum Gasteiger partial charge on any atom is -0.462 e. The molecule has 0 saturated carbocycles. The van der Waals surface area contributed by atoms with Crippen LogP contribution in [-0.2, 0) is 18.8 Å². The highest BCUT2D eigenvalue weighted by Gasteiger charge is 2.21. The summed E-state index contributed by atoms with van der Waals surface area (Å²) in [5, 5.41) is -0.216. The summed E-state index contributed by atoms with van der Waals surface area (Å²) in [5.74, 6) is -0.830. The van der Waals surface area contributed by atoms with Crippen molar-refractivity contribution in [2.45, 2.75) is 6.92 Å². The second-order valence-corrected chi connectivity index (χ2v) is 3.45. The maximum atomic E-state index is 11.6. The predicted molar refractivity (Wildman–Crippen MR) is 57.9 cm³/mol. The lowest BCUT2D eigenvalue weighted by molar-refractivity contribution is 0.0522. The van der Waals surface area contributed by atoms with Crippen LogP contribution in [0.5, 0.6) is 0 Å². The summed E-state index contributed by atoms with van der Waals surface area (Å²) >= 11 is 5.76. The van der Waals surface area contributed by atoms with Crippen LogP contribution in [0, 0.1) is 0 Å². The Labute approximate surface area is 96.0 Å². The zero-order chi connectivity index (χ0) is 12.5. The maximum Gasteiger partial charge on any atom is 0.346 e. The smallest absolute Gasteiger partial charge is 0.346 e. The summed E-state index contributed by atoms with van der Waals surface area (Å²) in [4.78, 5) is 34.5. The second-order valence-electron chi connectivity index (χ2n) is 3.09. The molecular weight excluding hydrogens is 236 g/mol. The van der Waals surface area contributed by atoms with Crippen molar-refractivity contribution in [3.8, 4) is 0 Å². The van der Waals surface area contributed by atoms with Gasteiger partial charge < -0.3 is 4.74 Å². The molecule has 0 fully saturated rings. The maximum absolute atomic E-state index is 11.6. The van der Waals surface area contributed by atoms with Crippen LogP contribution in [0.25, 0.3) is 0 Å². The normalized spacial score (nSPS) is 10.2. The fraction of sp³-hybridized carbons (Fsp3) is 0.444. The molecule has 6 nitrogen and oxygen atoms in total. The lowest BCUT2D eigenvalue weighted by Gasteiger charge is -2.08. The Morgan fingerprint density at radius 1 is 1.31 bits per heavy atom. The van der Waals surface area contributed by atoms with Gasteiger partial charge in [0.05, 0.1) is 6.61 Å². The van der Waals surface area contributed by atoms with E-state index in [1.807, 2.05) is 0 Å². The minimum absolute atomic E-state index is 0.126. The number of halogens is 1. The Morgan fingerprint density at radius 2 is 1.88 bits per heavy atom. The molecule has 0 bridgehead atoms. The van der Waals surface area contributed by atoms with E-state index in [1.54, 1.807) is 6.92 Å². The van der Waals surface area contributed by atoms with Crippen LogP contribution in [0.15, 0.2) is 9.59 Å². The first-order chi connectivity index (χ1) is 7.41. The second kappa shape index (κ2) is 4.52. The zero-order valence-corrected chi connectivity index (χ0v) is 9.87. The standard InChI is InChI=1S/C9H11ClN2O4/c1-4-16-8(14)5-6(10)11(2)9(15)12(3)7(5)13/h4H2,1-3H3. The Hall–Kier alpha value is -1.56. The van der Waals surface area contributed by atoms with Gasteiger partial charge in [0, 0.05) is 14.1 Å². The van der Waals surface area contributed by atoms with Gasteiger partial charge in [-0.05, 0) is 6.92 Å². The van der Waals surface area contributed by atoms with Gasteiger partial charge in [0.2, 0.25) is 0 Å². The molecular formula is C9H11ClN2O4. The van der Waals surface area contributed by atoms with Gasteiger partial charge in [-0.15, -0.1) is 0 Å². The van der Waals surface area contributed by atoms with E-state index in [4.69, 9.17) is 11.6 Å². The molecule has 0 aliphatic carbocycles. The number of aromatic nitrogens is 2. The van der Waals surface area contributed by atoms with Gasteiger partial charge in [-0.3, -0.25) is 13.9 Å². The molecule has 1 heterocycles. The van der Waals surface area contributed by atoms with E-state index in [0.29, 0.717) is 0 Å². The van der Waals surface area contributed by atoms with Crippen molar-refractivity contribution in [2.24, 2.45) is 14.1 Å². The van der Waals surface area contributed by atoms with Crippen molar-refractivity contribution in [3.63, 3.8) is 0 Å². The van der Waals surface area contributed by atoms with E-state index in [1.165, 1.54) is 14.1 Å². The lowest BCUT2D eigenvalue weighted by atomic mass is 10.3. The molecule has 0 aliphatic rings. The number of hydrogen-bond acceptors (Lipinski definition) is 4. The number of esters is 1. The molecule has 88 valence electrons. The zero-order valence-electron chi connectivity index (χ0n) is 9.11. The highest BCUT2D eigenvalue weighted by atomic mass is 35.5. The van der Waals surface area contributed by atoms with E-state index in [0.717, 1.165) is 9.13 Å². The Balaban J connectivity index is 3.59. The van der Waals surface area contributed by atoms with E-state index >= 15 is 0 Å². The molecule has 0 unspecified atom stereocenters. The first-order valence-corrected chi connectivity index (χ1v) is 4.92. The van der Waals surface area contributed by atoms with Crippen molar-refractivity contribution in [1.82, 2.24) is 9.13 Å². The van der Waals surface area contributed by atoms with Gasteiger partial charge in [-0.25, -0.2) is 9.59 Å². The fourth-order valence-corrected chi connectivity index (χ4v) is 1.42. The largest absolute Gasteiger partial charge is 0.462 e. The topological polar surface area (TPSA) is 70.3 Å². The number of hydrogen-bond donors (Lipinski definition) is 0. The average Bonchev–Trinajstić information content (AvgIpc) is 2.24. The SMILES string of the molecule is CCOC(=O)c1c(Cl)n(C)c(=O)n(C)c1=O. The van der Waals surface area contributed by atoms with Crippen LogP contribution in [0.1, 0.15) is 17.3 Å². The molecule has 1 aromatic rings. The van der Waals surface area contributed by atoms with Crippen LogP contribution in [-0.4, -0.2) is 21.7 Å². The highest BCUT2D eigenvalue weighted by Crippen LogP contribution is 2.09. The van der Waals surface area contributed by atoms with E-state index in [2.05, 4.69) is 4.74 Å². The van der Waals surface area contributed by atoms with Crippen molar-refractivity contribution in [2.75, 3.05) is 6.61 Å². The van der Waals surface area contributed by atoms with Crippen LogP contribution in [0.3, 0.4) is 0 Å². The molecule has 0 aliphatic heterocycles. The Bertz CT molecular complexity index is 544. The quantitative estimate of drug-likeness (QED) is 0.540. The first kappa shape index (κ1) is 12.5. The molecule has 7 heteroatoms. The number of carbonyl (C=O) groups excluding carboxylic acids is 1. The van der Waals surface area contributed by atoms with Gasteiger partial charge in [0.25, 0.3) is 5.56 Å². The van der Waals surface area contributed by atoms with Crippen molar-refractivity contribution >= 4 is 17.6 Å². The average molecular weight is 247 g/mol. The molecule has 0 radical (unpaired) electrons. The minimum atomic E-state index is -0.830. The molecule has 1 rings (SSSR count). The van der Waals surface area contributed by atoms with Gasteiger partial charge >= 0.3 is 11.7 Å². The summed E-state index contributed by atoms with van der Waals surface area (Å²) in [5.41, 5.74) is -1.68. The summed E-state index contributed by atoms with van der Waals surface area (Å²) < 4.78 is 6.50. The monoisotopic (exact) mass is 246 g/mol. The van der Waals surface area contributed by atoms with Crippen LogP contribution in [0.2, 0.25) is 5.15 Å². The van der Waals surface area contributed by atoms with Crippen molar-refractivity contribution < 1.29 is 9.53 Å². The summed E-state index contributed by atoms with van der Waals surface area (Å²) in [7, 11) is 2.64. The van der Waals surface area contributed by atoms with E-state index < -0.39 is 17.2 Å². The van der Waals surface area contributed by atoms with Gasteiger partial charge in [0.1, 0.15) is 5.15 Å². The molecule has 16 heavy (non-hydrogen) atoms. The van der Waals surface area contributed by atoms with Gasteiger partial charge in [0.15, 0.2) is 5.56 Å². The van der Waals surface area contributed by atoms with Crippen LogP contribution < -0.4 is 11.2 Å². The third-order valence-electron chi connectivity index (χ3n) is 2.07. The number of ether oxygens (including phenoxy) is 1. The van der Waals surface area contributed by atoms with Crippen LogP contribution in [0.4, 0.5) is 0 Å². The van der Waals surface area contributed by atoms with Crippen LogP contribution >= 0.6 is 11.6 Å². The number of nitrogens with zero attached hydrogens (tertiary/aromatic N) is 2. The number of rotatable bonds is 2. The van der Waals surface area contributed by atoms with Gasteiger partial charge in [-0.2, -0.15) is 0 Å². The molecule has 0 aromatic carbocycles. The molecule has 0 amide bonds. The Kier molecular flexibility index (Phi) is 3.54. The highest BCUT2D eigenvalue weighted by molar-refractivity contribution is 6.32. The third-order valence-corrected chi connectivity index (χ3v) is 2.52. The fourth-order valence-electron chi connectivity index (χ4n) is 1.19.